The lowest BCUT2D eigenvalue weighted by Crippen LogP contribution is -2.57. The van der Waals surface area contributed by atoms with Gasteiger partial charge in [-0.3, -0.25) is 14.4 Å². The first-order chi connectivity index (χ1) is 23.3. The van der Waals surface area contributed by atoms with Gasteiger partial charge in [-0.25, -0.2) is 0 Å². The fourth-order valence-corrected chi connectivity index (χ4v) is 7.07. The van der Waals surface area contributed by atoms with Crippen LogP contribution in [0.3, 0.4) is 0 Å². The molecule has 3 fully saturated rings. The molecule has 4 N–H and O–H groups in total. The highest BCUT2D eigenvalue weighted by atomic mass is 16.7. The number of carbonyl (C=O) groups excluding carboxylic acids is 2. The standard InChI is InChI=1S/C37H44N4O7/c1-25-31(22-40-20-18-37(19-21-40)36(46)38-24-41(37)30-6-3-2-4-7-30)47-35(48-34(25)27-12-10-26(23-42)11-13-27)28-14-16-29(17-15-28)39-32(43)8-5-9-33(44)45/h2-4,6-7,10-17,25,31,34-35,42H,5,8-9,18-24H2,1H3,(H,38,46)(H,39,43)(H,44,45)/t25-,31+,34+,35+/m1/s1. The Bertz CT molecular complexity index is 1560. The molecule has 2 amide bonds. The Balaban J connectivity index is 1.15. The Hall–Kier alpha value is -4.29. The van der Waals surface area contributed by atoms with Crippen LogP contribution < -0.4 is 15.5 Å². The van der Waals surface area contributed by atoms with Crippen LogP contribution in [0.2, 0.25) is 0 Å². The minimum absolute atomic E-state index is 0.0112. The summed E-state index contributed by atoms with van der Waals surface area (Å²) in [5.41, 5.74) is 3.74. The van der Waals surface area contributed by atoms with Gasteiger partial charge in [-0.05, 0) is 54.7 Å². The van der Waals surface area contributed by atoms with E-state index < -0.39 is 17.8 Å². The highest BCUT2D eigenvalue weighted by Gasteiger charge is 2.51. The molecule has 3 aliphatic heterocycles. The number of rotatable bonds is 11. The molecule has 4 atom stereocenters. The lowest BCUT2D eigenvalue weighted by molar-refractivity contribution is -0.276. The predicted octanol–water partition coefficient (Wildman–Crippen LogP) is 4.59. The average molecular weight is 657 g/mol. The average Bonchev–Trinajstić information content (AvgIpc) is 3.41. The number of carboxylic acid groups (broad SMARTS) is 1. The maximum atomic E-state index is 13.2. The fraction of sp³-hybridized carbons (Fsp3) is 0.432. The molecule has 3 aromatic carbocycles. The molecule has 1 spiro atoms. The van der Waals surface area contributed by atoms with Crippen molar-refractivity contribution < 1.29 is 34.1 Å². The molecule has 254 valence electrons. The highest BCUT2D eigenvalue weighted by molar-refractivity contribution is 5.93. The summed E-state index contributed by atoms with van der Waals surface area (Å²) in [5.74, 6) is -1.06. The number of ether oxygens (including phenoxy) is 2. The Kier molecular flexibility index (Phi) is 10.4. The Morgan fingerprint density at radius 3 is 2.29 bits per heavy atom. The van der Waals surface area contributed by atoms with Crippen molar-refractivity contribution in [1.29, 1.82) is 0 Å². The molecule has 0 bridgehead atoms. The maximum absolute atomic E-state index is 13.2. The number of likely N-dealkylation sites (tertiary alicyclic amines) is 1. The second-order valence-electron chi connectivity index (χ2n) is 13.0. The van der Waals surface area contributed by atoms with Gasteiger partial charge in [0.2, 0.25) is 11.8 Å². The molecule has 11 heteroatoms. The van der Waals surface area contributed by atoms with Crippen molar-refractivity contribution in [3.8, 4) is 0 Å². The summed E-state index contributed by atoms with van der Waals surface area (Å²) >= 11 is 0. The number of nitrogens with one attached hydrogen (secondary N) is 2. The largest absolute Gasteiger partial charge is 0.481 e. The summed E-state index contributed by atoms with van der Waals surface area (Å²) in [6.07, 6.45) is 0.697. The third kappa shape index (κ3) is 7.39. The summed E-state index contributed by atoms with van der Waals surface area (Å²) < 4.78 is 13.3. The number of piperidine rings is 1. The van der Waals surface area contributed by atoms with E-state index in [-0.39, 0.29) is 55.8 Å². The zero-order chi connectivity index (χ0) is 33.7. The van der Waals surface area contributed by atoms with Crippen LogP contribution in [0.25, 0.3) is 0 Å². The Labute approximate surface area is 280 Å². The molecular formula is C37H44N4O7. The number of nitrogens with zero attached hydrogens (tertiary/aromatic N) is 2. The number of aliphatic carboxylic acids is 1. The van der Waals surface area contributed by atoms with Gasteiger partial charge in [-0.15, -0.1) is 0 Å². The van der Waals surface area contributed by atoms with Crippen molar-refractivity contribution in [1.82, 2.24) is 10.2 Å². The van der Waals surface area contributed by atoms with E-state index in [0.29, 0.717) is 31.7 Å². The summed E-state index contributed by atoms with van der Waals surface area (Å²) in [7, 11) is 0. The number of hydrogen-bond donors (Lipinski definition) is 4. The van der Waals surface area contributed by atoms with Gasteiger partial charge >= 0.3 is 5.97 Å². The maximum Gasteiger partial charge on any atom is 0.303 e. The zero-order valence-electron chi connectivity index (χ0n) is 27.2. The van der Waals surface area contributed by atoms with E-state index in [4.69, 9.17) is 14.6 Å². The molecule has 3 aromatic rings. The molecule has 0 aromatic heterocycles. The Morgan fingerprint density at radius 1 is 0.938 bits per heavy atom. The number of benzene rings is 3. The lowest BCUT2D eigenvalue weighted by Gasteiger charge is -2.46. The molecule has 11 nitrogen and oxygen atoms in total. The first-order valence-electron chi connectivity index (χ1n) is 16.7. The van der Waals surface area contributed by atoms with Crippen LogP contribution in [0.5, 0.6) is 0 Å². The van der Waals surface area contributed by atoms with E-state index in [1.165, 1.54) is 0 Å². The van der Waals surface area contributed by atoms with Crippen LogP contribution in [-0.4, -0.2) is 70.8 Å². The third-order valence-electron chi connectivity index (χ3n) is 9.91. The molecular weight excluding hydrogens is 612 g/mol. The number of carboxylic acids is 1. The minimum atomic E-state index is -0.921. The first kappa shape index (κ1) is 33.6. The van der Waals surface area contributed by atoms with Crippen molar-refractivity contribution in [3.63, 3.8) is 0 Å². The molecule has 3 aliphatic rings. The van der Waals surface area contributed by atoms with Gasteiger partial charge in [0.05, 0.1) is 25.5 Å². The number of hydrogen-bond acceptors (Lipinski definition) is 8. The van der Waals surface area contributed by atoms with Crippen molar-refractivity contribution in [3.05, 3.63) is 95.6 Å². The van der Waals surface area contributed by atoms with Crippen molar-refractivity contribution >= 4 is 29.2 Å². The van der Waals surface area contributed by atoms with Crippen LogP contribution in [-0.2, 0) is 30.5 Å². The third-order valence-corrected chi connectivity index (χ3v) is 9.91. The number of aliphatic hydroxyl groups excluding tert-OH is 1. The fourth-order valence-electron chi connectivity index (χ4n) is 7.07. The molecule has 0 aliphatic carbocycles. The van der Waals surface area contributed by atoms with Gasteiger partial charge in [-0.2, -0.15) is 0 Å². The van der Waals surface area contributed by atoms with Crippen LogP contribution in [0, 0.1) is 5.92 Å². The van der Waals surface area contributed by atoms with Gasteiger partial charge < -0.3 is 40.1 Å². The molecule has 48 heavy (non-hydrogen) atoms. The van der Waals surface area contributed by atoms with Gasteiger partial charge in [0.25, 0.3) is 0 Å². The van der Waals surface area contributed by atoms with Crippen LogP contribution in [0.1, 0.15) is 68.1 Å². The second-order valence-corrected chi connectivity index (χ2v) is 13.0. The first-order valence-corrected chi connectivity index (χ1v) is 16.7. The van der Waals surface area contributed by atoms with Gasteiger partial charge in [0, 0.05) is 55.3 Å². The summed E-state index contributed by atoms with van der Waals surface area (Å²) in [6, 6.07) is 25.3. The summed E-state index contributed by atoms with van der Waals surface area (Å²) in [4.78, 5) is 40.9. The SMILES string of the molecule is C[C@@H]1[C@H](CN2CCC3(CC2)C(=O)NCN3c2ccccc2)O[C@H](c2ccc(NC(=O)CCCC(=O)O)cc2)O[C@@H]1c1ccc(CO)cc1. The second kappa shape index (κ2) is 14.9. The molecule has 0 saturated carbocycles. The highest BCUT2D eigenvalue weighted by Crippen LogP contribution is 2.43. The monoisotopic (exact) mass is 656 g/mol. The zero-order valence-corrected chi connectivity index (χ0v) is 27.2. The topological polar surface area (TPSA) is 141 Å². The number of aliphatic hydroxyl groups is 1. The minimum Gasteiger partial charge on any atom is -0.481 e. The lowest BCUT2D eigenvalue weighted by atomic mass is 9.84. The van der Waals surface area contributed by atoms with Crippen molar-refractivity contribution in [2.75, 3.05) is 36.5 Å². The van der Waals surface area contributed by atoms with Gasteiger partial charge in [0.15, 0.2) is 6.29 Å². The predicted molar refractivity (Wildman–Crippen MR) is 180 cm³/mol. The number of carbonyl (C=O) groups is 3. The molecule has 0 unspecified atom stereocenters. The van der Waals surface area contributed by atoms with Crippen LogP contribution in [0.4, 0.5) is 11.4 Å². The van der Waals surface area contributed by atoms with Gasteiger partial charge in [0.1, 0.15) is 5.54 Å². The number of anilines is 2. The van der Waals surface area contributed by atoms with E-state index in [1.54, 1.807) is 12.1 Å². The smallest absolute Gasteiger partial charge is 0.303 e. The molecule has 0 radical (unpaired) electrons. The summed E-state index contributed by atoms with van der Waals surface area (Å²) in [5, 5.41) is 24.3. The summed E-state index contributed by atoms with van der Waals surface area (Å²) in [6.45, 7) is 4.81. The number of para-hydroxylation sites is 1. The van der Waals surface area contributed by atoms with E-state index in [2.05, 4.69) is 39.5 Å². The quantitative estimate of drug-likeness (QED) is 0.233. The molecule has 6 rings (SSSR count). The van der Waals surface area contributed by atoms with Crippen molar-refractivity contribution in [2.24, 2.45) is 5.92 Å². The van der Waals surface area contributed by atoms with E-state index in [9.17, 15) is 19.5 Å². The van der Waals surface area contributed by atoms with Crippen molar-refractivity contribution in [2.45, 2.75) is 69.7 Å². The van der Waals surface area contributed by atoms with Crippen LogP contribution >= 0.6 is 0 Å². The van der Waals surface area contributed by atoms with Gasteiger partial charge in [-0.1, -0.05) is 61.5 Å². The van der Waals surface area contributed by atoms with Crippen LogP contribution in [0.15, 0.2) is 78.9 Å². The number of amides is 2. The molecule has 3 heterocycles. The van der Waals surface area contributed by atoms with E-state index >= 15 is 0 Å². The molecule has 3 saturated heterocycles. The Morgan fingerprint density at radius 2 is 1.62 bits per heavy atom. The van der Waals surface area contributed by atoms with E-state index in [0.717, 1.165) is 35.5 Å². The normalized spacial score (nSPS) is 24.0. The van der Waals surface area contributed by atoms with E-state index in [1.807, 2.05) is 54.6 Å².